The molecule has 0 aliphatic rings. The lowest BCUT2D eigenvalue weighted by atomic mass is 10.0. The average Bonchev–Trinajstić information content (AvgIpc) is 2.98. The first kappa shape index (κ1) is 27.9. The second kappa shape index (κ2) is 14.7. The van der Waals surface area contributed by atoms with Crippen LogP contribution in [0.4, 0.5) is 0 Å². The number of unbranched alkanes of at least 4 members (excludes halogenated alkanes) is 3. The fraction of sp³-hybridized carbons (Fsp3) is 0.182. The fourth-order valence-electron chi connectivity index (χ4n) is 3.82. The Bertz CT molecular complexity index is 1370. The molecular weight excluding hydrogens is 506 g/mol. The molecule has 39 heavy (non-hydrogen) atoms. The van der Waals surface area contributed by atoms with E-state index in [1.807, 2.05) is 72.8 Å². The van der Waals surface area contributed by atoms with Crippen LogP contribution in [-0.4, -0.2) is 17.5 Å². The summed E-state index contributed by atoms with van der Waals surface area (Å²) >= 11 is 1.63. The van der Waals surface area contributed by atoms with Gasteiger partial charge in [0.1, 0.15) is 17.2 Å². The van der Waals surface area contributed by atoms with Gasteiger partial charge in [0.15, 0.2) is 0 Å². The molecule has 0 amide bonds. The van der Waals surface area contributed by atoms with Gasteiger partial charge in [-0.25, -0.2) is 4.79 Å². The van der Waals surface area contributed by atoms with E-state index in [2.05, 4.69) is 12.1 Å². The second-order valence-electron chi connectivity index (χ2n) is 8.94. The van der Waals surface area contributed by atoms with Crippen LogP contribution in [0.25, 0.3) is 0 Å². The summed E-state index contributed by atoms with van der Waals surface area (Å²) < 4.78 is 5.77. The maximum absolute atomic E-state index is 13.3. The third-order valence-electron chi connectivity index (χ3n) is 5.93. The standard InChI is InChI=1S/C33H31NO4S/c1-2-3-4-11-16-31(32(35)25-19-23-30(24-20-25)39-29-14-9-6-10-15-29)34-38-33(36)26-17-21-28(22-18-26)37-27-12-7-5-8-13-27/h5-10,12-15,17-24H,2-4,11,16H2,1H3/b34-31+. The number of benzene rings is 4. The molecule has 0 aromatic heterocycles. The van der Waals surface area contributed by atoms with Crippen molar-refractivity contribution >= 4 is 29.2 Å². The van der Waals surface area contributed by atoms with Crippen LogP contribution < -0.4 is 4.74 Å². The molecule has 4 aromatic carbocycles. The number of ketones is 1. The van der Waals surface area contributed by atoms with Gasteiger partial charge in [0, 0.05) is 15.4 Å². The lowest BCUT2D eigenvalue weighted by Crippen LogP contribution is -2.16. The summed E-state index contributed by atoms with van der Waals surface area (Å²) in [5, 5.41) is 4.04. The number of hydrogen-bond donors (Lipinski definition) is 0. The van der Waals surface area contributed by atoms with Gasteiger partial charge in [0.25, 0.3) is 0 Å². The summed E-state index contributed by atoms with van der Waals surface area (Å²) in [7, 11) is 0. The van der Waals surface area contributed by atoms with Crippen LogP contribution in [0.5, 0.6) is 11.5 Å². The maximum Gasteiger partial charge on any atom is 0.365 e. The molecule has 0 radical (unpaired) electrons. The summed E-state index contributed by atoms with van der Waals surface area (Å²) in [5.74, 6) is 0.439. The molecule has 0 bridgehead atoms. The highest BCUT2D eigenvalue weighted by molar-refractivity contribution is 7.99. The highest BCUT2D eigenvalue weighted by Gasteiger charge is 2.17. The van der Waals surface area contributed by atoms with E-state index in [4.69, 9.17) is 9.57 Å². The summed E-state index contributed by atoms with van der Waals surface area (Å²) in [6.07, 6.45) is 4.37. The summed E-state index contributed by atoms with van der Waals surface area (Å²) in [4.78, 5) is 33.4. The Morgan fingerprint density at radius 1 is 0.667 bits per heavy atom. The highest BCUT2D eigenvalue weighted by Crippen LogP contribution is 2.27. The summed E-state index contributed by atoms with van der Waals surface area (Å²) in [6.45, 7) is 2.13. The second-order valence-corrected chi connectivity index (χ2v) is 10.1. The maximum atomic E-state index is 13.3. The molecule has 198 valence electrons. The molecule has 5 nitrogen and oxygen atoms in total. The van der Waals surface area contributed by atoms with Crippen molar-refractivity contribution in [2.75, 3.05) is 0 Å². The molecular formula is C33H31NO4S. The number of hydrogen-bond acceptors (Lipinski definition) is 6. The zero-order chi connectivity index (χ0) is 27.3. The molecule has 0 N–H and O–H groups in total. The molecule has 0 heterocycles. The van der Waals surface area contributed by atoms with E-state index in [0.29, 0.717) is 29.0 Å². The van der Waals surface area contributed by atoms with Crippen molar-refractivity contribution in [3.63, 3.8) is 0 Å². The number of rotatable bonds is 13. The molecule has 0 saturated carbocycles. The van der Waals surface area contributed by atoms with E-state index in [-0.39, 0.29) is 11.5 Å². The van der Waals surface area contributed by atoms with E-state index >= 15 is 0 Å². The Morgan fingerprint density at radius 3 is 1.92 bits per heavy atom. The predicted octanol–water partition coefficient (Wildman–Crippen LogP) is 9.00. The Morgan fingerprint density at radius 2 is 1.26 bits per heavy atom. The lowest BCUT2D eigenvalue weighted by Gasteiger charge is -2.08. The van der Waals surface area contributed by atoms with Crippen molar-refractivity contribution in [3.8, 4) is 11.5 Å². The third kappa shape index (κ3) is 8.69. The zero-order valence-electron chi connectivity index (χ0n) is 21.9. The van der Waals surface area contributed by atoms with Gasteiger partial charge in [0.2, 0.25) is 5.78 Å². The molecule has 0 fully saturated rings. The zero-order valence-corrected chi connectivity index (χ0v) is 22.7. The number of Topliss-reactive ketones (excluding diaryl/α,β-unsaturated/α-hetero) is 1. The van der Waals surface area contributed by atoms with Crippen molar-refractivity contribution in [1.29, 1.82) is 0 Å². The van der Waals surface area contributed by atoms with Crippen molar-refractivity contribution in [1.82, 2.24) is 0 Å². The molecule has 0 aliphatic carbocycles. The third-order valence-corrected chi connectivity index (χ3v) is 6.95. The molecule has 4 rings (SSSR count). The monoisotopic (exact) mass is 537 g/mol. The Labute approximate surface area is 233 Å². The number of nitrogens with zero attached hydrogens (tertiary/aromatic N) is 1. The number of ether oxygens (including phenoxy) is 1. The van der Waals surface area contributed by atoms with Crippen LogP contribution in [0, 0.1) is 0 Å². The first-order valence-corrected chi connectivity index (χ1v) is 13.9. The lowest BCUT2D eigenvalue weighted by molar-refractivity contribution is 0.0514. The SMILES string of the molecule is CCCCCC/C(=N\OC(=O)c1ccc(Oc2ccccc2)cc1)C(=O)c1ccc(Sc2ccccc2)cc1. The van der Waals surface area contributed by atoms with Gasteiger partial charge in [-0.15, -0.1) is 0 Å². The van der Waals surface area contributed by atoms with Crippen molar-refractivity contribution in [3.05, 3.63) is 120 Å². The van der Waals surface area contributed by atoms with E-state index in [1.54, 1.807) is 48.2 Å². The van der Waals surface area contributed by atoms with Crippen LogP contribution >= 0.6 is 11.8 Å². The minimum atomic E-state index is -0.630. The minimum Gasteiger partial charge on any atom is -0.457 e. The van der Waals surface area contributed by atoms with E-state index in [0.717, 1.165) is 35.5 Å². The number of oxime groups is 1. The average molecular weight is 538 g/mol. The highest BCUT2D eigenvalue weighted by atomic mass is 32.2. The molecule has 0 saturated heterocycles. The van der Waals surface area contributed by atoms with E-state index < -0.39 is 5.97 Å². The van der Waals surface area contributed by atoms with Gasteiger partial charge in [-0.1, -0.05) is 79.5 Å². The van der Waals surface area contributed by atoms with Gasteiger partial charge < -0.3 is 9.57 Å². The minimum absolute atomic E-state index is 0.234. The van der Waals surface area contributed by atoms with Crippen molar-refractivity contribution in [2.45, 2.75) is 48.8 Å². The van der Waals surface area contributed by atoms with Crippen LogP contribution in [0.2, 0.25) is 0 Å². The molecule has 4 aromatic rings. The first-order chi connectivity index (χ1) is 19.1. The topological polar surface area (TPSA) is 65.0 Å². The summed E-state index contributed by atoms with van der Waals surface area (Å²) in [6, 6.07) is 33.5. The van der Waals surface area contributed by atoms with E-state index in [9.17, 15) is 9.59 Å². The largest absolute Gasteiger partial charge is 0.457 e. The quantitative estimate of drug-likeness (QED) is 0.0560. The molecule has 0 aliphatic heterocycles. The normalized spacial score (nSPS) is 11.2. The fourth-order valence-corrected chi connectivity index (χ4v) is 4.66. The Hall–Kier alpha value is -4.16. The van der Waals surface area contributed by atoms with Crippen LogP contribution in [0.1, 0.15) is 59.7 Å². The number of para-hydroxylation sites is 1. The predicted molar refractivity (Wildman–Crippen MR) is 156 cm³/mol. The first-order valence-electron chi connectivity index (χ1n) is 13.1. The van der Waals surface area contributed by atoms with Gasteiger partial charge >= 0.3 is 5.97 Å². The van der Waals surface area contributed by atoms with Gasteiger partial charge in [-0.3, -0.25) is 4.79 Å². The molecule has 0 spiro atoms. The smallest absolute Gasteiger partial charge is 0.365 e. The van der Waals surface area contributed by atoms with Crippen molar-refractivity contribution in [2.24, 2.45) is 5.16 Å². The molecule has 0 unspecified atom stereocenters. The van der Waals surface area contributed by atoms with Gasteiger partial charge in [0.05, 0.1) is 5.56 Å². The number of carbonyl (C=O) groups is 2. The van der Waals surface area contributed by atoms with E-state index in [1.165, 1.54) is 0 Å². The molecule has 0 atom stereocenters. The molecule has 6 heteroatoms. The van der Waals surface area contributed by atoms with Gasteiger partial charge in [-0.2, -0.15) is 0 Å². The van der Waals surface area contributed by atoms with Crippen molar-refractivity contribution < 1.29 is 19.2 Å². The number of carbonyl (C=O) groups excluding carboxylic acids is 2. The Balaban J connectivity index is 1.42. The van der Waals surface area contributed by atoms with Crippen LogP contribution in [0.15, 0.2) is 124 Å². The van der Waals surface area contributed by atoms with Crippen LogP contribution in [-0.2, 0) is 4.84 Å². The van der Waals surface area contributed by atoms with Crippen LogP contribution in [0.3, 0.4) is 0 Å². The summed E-state index contributed by atoms with van der Waals surface area (Å²) in [5.41, 5.74) is 1.08. The Kier molecular flexibility index (Phi) is 10.5. The van der Waals surface area contributed by atoms with Gasteiger partial charge in [-0.05, 0) is 85.6 Å².